The Hall–Kier alpha value is -3.36. The van der Waals surface area contributed by atoms with Crippen molar-refractivity contribution < 1.29 is 24.2 Å². The van der Waals surface area contributed by atoms with Gasteiger partial charge in [-0.3, -0.25) is 0 Å². The Balaban J connectivity index is 0.00000158. The van der Waals surface area contributed by atoms with Crippen LogP contribution in [-0.2, 0) is 11.3 Å². The third-order valence-electron chi connectivity index (χ3n) is 5.15. The molecule has 2 heterocycles. The maximum Gasteiger partial charge on any atom is 0.356 e. The average molecular weight is 486 g/mol. The number of carboxylic acid groups (broad SMARTS) is 1. The number of likely N-dealkylation sites (tertiary alicyclic amines) is 1. The minimum atomic E-state index is -1.16. The van der Waals surface area contributed by atoms with E-state index in [0.29, 0.717) is 49.1 Å². The van der Waals surface area contributed by atoms with E-state index in [1.165, 1.54) is 12.3 Å². The first-order chi connectivity index (χ1) is 16.5. The van der Waals surface area contributed by atoms with Crippen molar-refractivity contribution in [2.75, 3.05) is 13.1 Å². The summed E-state index contributed by atoms with van der Waals surface area (Å²) in [7, 11) is 0. The highest BCUT2D eigenvalue weighted by molar-refractivity contribution is 6.30. The van der Waals surface area contributed by atoms with Crippen LogP contribution >= 0.6 is 11.6 Å². The summed E-state index contributed by atoms with van der Waals surface area (Å²) in [5.74, 6) is 0.261. The molecule has 1 aliphatic heterocycles. The summed E-state index contributed by atoms with van der Waals surface area (Å²) in [4.78, 5) is 25.1. The maximum absolute atomic E-state index is 12.5. The van der Waals surface area contributed by atoms with Crippen LogP contribution in [0, 0.1) is 0 Å². The van der Waals surface area contributed by atoms with Gasteiger partial charge in [0.2, 0.25) is 0 Å². The minimum absolute atomic E-state index is 0.0343. The number of carboxylic acids is 1. The van der Waals surface area contributed by atoms with E-state index in [1.807, 2.05) is 50.2 Å². The van der Waals surface area contributed by atoms with E-state index in [0.717, 1.165) is 10.2 Å². The number of carbonyl (C=O) groups is 2. The molecule has 0 unspecified atom stereocenters. The second-order valence-electron chi connectivity index (χ2n) is 7.43. The average Bonchev–Trinajstić information content (AvgIpc) is 3.37. The molecule has 0 radical (unpaired) electrons. The monoisotopic (exact) mass is 485 g/mol. The molecule has 0 saturated carbocycles. The Morgan fingerprint density at radius 2 is 1.76 bits per heavy atom. The highest BCUT2D eigenvalue weighted by atomic mass is 35.5. The molecule has 34 heavy (non-hydrogen) atoms. The number of piperidine rings is 1. The van der Waals surface area contributed by atoms with Gasteiger partial charge in [-0.05, 0) is 60.9 Å². The summed E-state index contributed by atoms with van der Waals surface area (Å²) in [6, 6.07) is 15.9. The predicted octanol–water partition coefficient (Wildman–Crippen LogP) is 5.70. The Labute approximate surface area is 203 Å². The van der Waals surface area contributed by atoms with Crippen LogP contribution < -0.4 is 4.74 Å². The van der Waals surface area contributed by atoms with Gasteiger partial charge in [-0.2, -0.15) is 9.78 Å². The number of amides is 1. The van der Waals surface area contributed by atoms with Crippen molar-refractivity contribution in [3.63, 3.8) is 0 Å². The zero-order chi connectivity index (χ0) is 24.5. The van der Waals surface area contributed by atoms with E-state index in [9.17, 15) is 9.59 Å². The summed E-state index contributed by atoms with van der Waals surface area (Å²) < 4.78 is 13.0. The quantitative estimate of drug-likeness (QED) is 0.481. The van der Waals surface area contributed by atoms with Gasteiger partial charge in [0.05, 0.1) is 12.7 Å². The second kappa shape index (κ2) is 12.2. The highest BCUT2D eigenvalue weighted by Gasteiger charge is 2.25. The lowest BCUT2D eigenvalue weighted by Gasteiger charge is -2.31. The van der Waals surface area contributed by atoms with Crippen LogP contribution in [0.4, 0.5) is 4.79 Å². The molecule has 0 atom stereocenters. The number of carbonyl (C=O) groups excluding carboxylic acids is 1. The lowest BCUT2D eigenvalue weighted by atomic mass is 10.1. The molecule has 0 aliphatic carbocycles. The number of rotatable bonds is 6. The lowest BCUT2D eigenvalue weighted by molar-refractivity contribution is 0.00431. The summed E-state index contributed by atoms with van der Waals surface area (Å²) in [5.41, 5.74) is 0.839. The van der Waals surface area contributed by atoms with E-state index in [2.05, 4.69) is 5.10 Å². The predicted molar refractivity (Wildman–Crippen MR) is 129 cm³/mol. The van der Waals surface area contributed by atoms with Crippen LogP contribution in [0.3, 0.4) is 0 Å². The minimum Gasteiger partial charge on any atom is -0.476 e. The SMILES string of the molecule is CC.O=C(O)c1ccn(C(=O)N2CCC(OCc3cccc(Oc4ccc(Cl)cc4)c3)CC2)n1. The van der Waals surface area contributed by atoms with Gasteiger partial charge < -0.3 is 19.5 Å². The number of hydrogen-bond acceptors (Lipinski definition) is 5. The van der Waals surface area contributed by atoms with Gasteiger partial charge >= 0.3 is 12.0 Å². The molecule has 180 valence electrons. The van der Waals surface area contributed by atoms with Crippen LogP contribution in [0.1, 0.15) is 42.7 Å². The molecule has 3 aromatic rings. The lowest BCUT2D eigenvalue weighted by Crippen LogP contribution is -2.43. The van der Waals surface area contributed by atoms with Gasteiger partial charge in [0, 0.05) is 24.3 Å². The first-order valence-corrected chi connectivity index (χ1v) is 11.6. The van der Waals surface area contributed by atoms with Crippen LogP contribution in [0.5, 0.6) is 11.5 Å². The first-order valence-electron chi connectivity index (χ1n) is 11.2. The van der Waals surface area contributed by atoms with E-state index >= 15 is 0 Å². The molecular formula is C25H28ClN3O5. The molecule has 8 nitrogen and oxygen atoms in total. The van der Waals surface area contributed by atoms with Crippen molar-refractivity contribution in [2.45, 2.75) is 39.4 Å². The van der Waals surface area contributed by atoms with Gasteiger partial charge in [-0.1, -0.05) is 37.6 Å². The van der Waals surface area contributed by atoms with Gasteiger partial charge in [-0.25, -0.2) is 9.59 Å². The van der Waals surface area contributed by atoms with E-state index < -0.39 is 5.97 Å². The van der Waals surface area contributed by atoms with Crippen LogP contribution in [-0.4, -0.2) is 51.0 Å². The van der Waals surface area contributed by atoms with E-state index in [-0.39, 0.29) is 17.8 Å². The van der Waals surface area contributed by atoms with Crippen LogP contribution in [0.15, 0.2) is 60.8 Å². The van der Waals surface area contributed by atoms with E-state index in [1.54, 1.807) is 17.0 Å². The number of hydrogen-bond donors (Lipinski definition) is 1. The molecule has 1 aliphatic rings. The number of ether oxygens (including phenoxy) is 2. The molecule has 0 bridgehead atoms. The molecule has 4 rings (SSSR count). The molecule has 1 aromatic heterocycles. The standard InChI is InChI=1S/C23H22ClN3O5.C2H6/c24-17-4-6-19(7-5-17)32-20-3-1-2-16(14-20)15-31-18-8-11-26(12-9-18)23(30)27-13-10-21(25-27)22(28)29;1-2/h1-7,10,13-14,18H,8-9,11-12,15H2,(H,28,29);1-2H3. The fourth-order valence-electron chi connectivity index (χ4n) is 3.45. The topological polar surface area (TPSA) is 93.9 Å². The third kappa shape index (κ3) is 6.82. The Morgan fingerprint density at radius 3 is 2.41 bits per heavy atom. The number of halogens is 1. The number of aromatic nitrogens is 2. The molecule has 1 amide bonds. The largest absolute Gasteiger partial charge is 0.476 e. The van der Waals surface area contributed by atoms with Gasteiger partial charge in [0.25, 0.3) is 0 Å². The number of nitrogens with zero attached hydrogens (tertiary/aromatic N) is 3. The van der Waals surface area contributed by atoms with Gasteiger partial charge in [0.15, 0.2) is 5.69 Å². The van der Waals surface area contributed by atoms with Crippen molar-refractivity contribution in [3.05, 3.63) is 77.1 Å². The van der Waals surface area contributed by atoms with Gasteiger partial charge in [0.1, 0.15) is 11.5 Å². The molecule has 1 N–H and O–H groups in total. The third-order valence-corrected chi connectivity index (χ3v) is 5.40. The van der Waals surface area contributed by atoms with Crippen molar-refractivity contribution in [2.24, 2.45) is 0 Å². The molecule has 9 heteroatoms. The molecule has 2 aromatic carbocycles. The maximum atomic E-state index is 12.5. The van der Waals surface area contributed by atoms with E-state index in [4.69, 9.17) is 26.2 Å². The van der Waals surface area contributed by atoms with Crippen molar-refractivity contribution in [1.29, 1.82) is 0 Å². The normalized spacial score (nSPS) is 13.7. The Kier molecular flexibility index (Phi) is 9.07. The molecular weight excluding hydrogens is 458 g/mol. The number of benzene rings is 2. The summed E-state index contributed by atoms with van der Waals surface area (Å²) >= 11 is 5.91. The summed E-state index contributed by atoms with van der Waals surface area (Å²) in [5, 5.41) is 13.4. The second-order valence-corrected chi connectivity index (χ2v) is 7.87. The number of aromatic carboxylic acids is 1. The van der Waals surface area contributed by atoms with Crippen molar-refractivity contribution in [3.8, 4) is 11.5 Å². The smallest absolute Gasteiger partial charge is 0.356 e. The van der Waals surface area contributed by atoms with Crippen molar-refractivity contribution in [1.82, 2.24) is 14.7 Å². The van der Waals surface area contributed by atoms with Crippen molar-refractivity contribution >= 4 is 23.6 Å². The van der Waals surface area contributed by atoms with Crippen LogP contribution in [0.2, 0.25) is 5.02 Å². The Morgan fingerprint density at radius 1 is 1.06 bits per heavy atom. The zero-order valence-electron chi connectivity index (χ0n) is 19.2. The fourth-order valence-corrected chi connectivity index (χ4v) is 3.58. The molecule has 1 saturated heterocycles. The zero-order valence-corrected chi connectivity index (χ0v) is 19.9. The van der Waals surface area contributed by atoms with Gasteiger partial charge in [-0.15, -0.1) is 0 Å². The fraction of sp³-hybridized carbons (Fsp3) is 0.320. The molecule has 0 spiro atoms. The summed E-state index contributed by atoms with van der Waals surface area (Å²) in [6.45, 7) is 5.48. The van der Waals surface area contributed by atoms with Crippen LogP contribution in [0.25, 0.3) is 0 Å². The Bertz CT molecular complexity index is 1090. The molecule has 1 fully saturated rings. The highest BCUT2D eigenvalue weighted by Crippen LogP contribution is 2.25. The summed E-state index contributed by atoms with van der Waals surface area (Å²) in [6.07, 6.45) is 2.79. The first kappa shape index (κ1) is 25.3.